The third-order valence-electron chi connectivity index (χ3n) is 2.82. The van der Waals surface area contributed by atoms with E-state index in [1.54, 1.807) is 7.11 Å². The average molecular weight is 258 g/mol. The molecule has 0 spiro atoms. The van der Waals surface area contributed by atoms with Gasteiger partial charge in [0.2, 0.25) is 0 Å². The molecule has 4 heteroatoms. The van der Waals surface area contributed by atoms with Gasteiger partial charge in [0.1, 0.15) is 0 Å². The van der Waals surface area contributed by atoms with Crippen LogP contribution in [0.15, 0.2) is 48.8 Å². The summed E-state index contributed by atoms with van der Waals surface area (Å²) in [4.78, 5) is 12.0. The molecule has 2 rings (SSSR count). The molecule has 1 aromatic heterocycles. The summed E-state index contributed by atoms with van der Waals surface area (Å²) < 4.78 is 6.92. The lowest BCUT2D eigenvalue weighted by Crippen LogP contribution is -2.25. The highest BCUT2D eigenvalue weighted by Crippen LogP contribution is 2.10. The molecule has 1 aromatic carbocycles. The first-order valence-electron chi connectivity index (χ1n) is 6.32. The molecule has 1 heterocycles. The molecule has 19 heavy (non-hydrogen) atoms. The summed E-state index contributed by atoms with van der Waals surface area (Å²) in [6.07, 6.45) is 4.73. The summed E-state index contributed by atoms with van der Waals surface area (Å²) >= 11 is 0. The standard InChI is InChI=1S/C15H18N2O2/c1-19-11-5-8-16-15(18)13-6-4-7-14(12-13)17-9-2-3-10-17/h2-4,6-7,9-10,12H,5,8,11H2,1H3,(H,16,18). The van der Waals surface area contributed by atoms with Crippen molar-refractivity contribution in [3.63, 3.8) is 0 Å². The van der Waals surface area contributed by atoms with Crippen molar-refractivity contribution in [3.05, 3.63) is 54.4 Å². The fourth-order valence-electron chi connectivity index (χ4n) is 1.83. The SMILES string of the molecule is COCCCNC(=O)c1cccc(-n2cccc2)c1. The number of methoxy groups -OCH3 is 1. The summed E-state index contributed by atoms with van der Waals surface area (Å²) in [5.41, 5.74) is 1.65. The zero-order chi connectivity index (χ0) is 13.5. The molecule has 100 valence electrons. The lowest BCUT2D eigenvalue weighted by molar-refractivity contribution is 0.0948. The minimum Gasteiger partial charge on any atom is -0.385 e. The molecule has 0 atom stereocenters. The largest absolute Gasteiger partial charge is 0.385 e. The second-order valence-corrected chi connectivity index (χ2v) is 4.24. The van der Waals surface area contributed by atoms with Gasteiger partial charge < -0.3 is 14.6 Å². The lowest BCUT2D eigenvalue weighted by Gasteiger charge is -2.07. The Balaban J connectivity index is 2.00. The van der Waals surface area contributed by atoms with E-state index in [0.717, 1.165) is 12.1 Å². The van der Waals surface area contributed by atoms with Crippen LogP contribution in [-0.4, -0.2) is 30.7 Å². The fraction of sp³-hybridized carbons (Fsp3) is 0.267. The van der Waals surface area contributed by atoms with Gasteiger partial charge in [-0.3, -0.25) is 4.79 Å². The van der Waals surface area contributed by atoms with E-state index < -0.39 is 0 Å². The third-order valence-corrected chi connectivity index (χ3v) is 2.82. The van der Waals surface area contributed by atoms with E-state index in [1.807, 2.05) is 53.4 Å². The predicted molar refractivity (Wildman–Crippen MR) is 74.6 cm³/mol. The molecular formula is C15H18N2O2. The Hall–Kier alpha value is -2.07. The van der Waals surface area contributed by atoms with Crippen LogP contribution in [0.25, 0.3) is 5.69 Å². The van der Waals surface area contributed by atoms with E-state index in [1.165, 1.54) is 0 Å². The Morgan fingerprint density at radius 3 is 2.79 bits per heavy atom. The maximum absolute atomic E-state index is 12.0. The summed E-state index contributed by atoms with van der Waals surface area (Å²) in [5.74, 6) is -0.0508. The molecule has 0 aliphatic carbocycles. The molecule has 0 radical (unpaired) electrons. The Morgan fingerprint density at radius 2 is 2.05 bits per heavy atom. The number of amides is 1. The van der Waals surface area contributed by atoms with Gasteiger partial charge in [0.25, 0.3) is 5.91 Å². The van der Waals surface area contributed by atoms with Crippen LogP contribution in [0.4, 0.5) is 0 Å². The van der Waals surface area contributed by atoms with Gasteiger partial charge in [0, 0.05) is 43.9 Å². The van der Waals surface area contributed by atoms with Crippen molar-refractivity contribution in [3.8, 4) is 5.69 Å². The van der Waals surface area contributed by atoms with Crippen LogP contribution in [0.2, 0.25) is 0 Å². The van der Waals surface area contributed by atoms with Gasteiger partial charge in [-0.2, -0.15) is 0 Å². The quantitative estimate of drug-likeness (QED) is 0.807. The highest BCUT2D eigenvalue weighted by atomic mass is 16.5. The first-order valence-corrected chi connectivity index (χ1v) is 6.32. The molecule has 0 bridgehead atoms. The highest BCUT2D eigenvalue weighted by Gasteiger charge is 2.05. The van der Waals surface area contributed by atoms with Crippen LogP contribution in [0.3, 0.4) is 0 Å². The van der Waals surface area contributed by atoms with E-state index in [-0.39, 0.29) is 5.91 Å². The van der Waals surface area contributed by atoms with Crippen molar-refractivity contribution in [1.29, 1.82) is 0 Å². The number of nitrogens with zero attached hydrogens (tertiary/aromatic N) is 1. The number of aromatic nitrogens is 1. The number of hydrogen-bond donors (Lipinski definition) is 1. The number of carbonyl (C=O) groups excluding carboxylic acids is 1. The molecule has 0 aliphatic heterocycles. The second kappa shape index (κ2) is 6.75. The van der Waals surface area contributed by atoms with Crippen LogP contribution in [0, 0.1) is 0 Å². The normalized spacial score (nSPS) is 10.4. The van der Waals surface area contributed by atoms with Crippen LogP contribution in [-0.2, 0) is 4.74 Å². The molecule has 0 aliphatic rings. The van der Waals surface area contributed by atoms with Crippen molar-refractivity contribution in [2.24, 2.45) is 0 Å². The number of hydrogen-bond acceptors (Lipinski definition) is 2. The summed E-state index contributed by atoms with van der Waals surface area (Å²) in [6.45, 7) is 1.28. The smallest absolute Gasteiger partial charge is 0.251 e. The summed E-state index contributed by atoms with van der Waals surface area (Å²) in [5, 5.41) is 2.88. The Kier molecular flexibility index (Phi) is 4.75. The van der Waals surface area contributed by atoms with E-state index in [9.17, 15) is 4.79 Å². The molecule has 0 fully saturated rings. The van der Waals surface area contributed by atoms with Gasteiger partial charge in [-0.25, -0.2) is 0 Å². The van der Waals surface area contributed by atoms with Gasteiger partial charge in [0.05, 0.1) is 0 Å². The van der Waals surface area contributed by atoms with Crippen LogP contribution >= 0.6 is 0 Å². The Bertz CT molecular complexity index is 521. The Morgan fingerprint density at radius 1 is 1.26 bits per heavy atom. The van der Waals surface area contributed by atoms with Crippen LogP contribution in [0.5, 0.6) is 0 Å². The topological polar surface area (TPSA) is 43.3 Å². The molecule has 0 unspecified atom stereocenters. The lowest BCUT2D eigenvalue weighted by atomic mass is 10.2. The van der Waals surface area contributed by atoms with Gasteiger partial charge in [-0.05, 0) is 36.8 Å². The zero-order valence-corrected chi connectivity index (χ0v) is 11.0. The van der Waals surface area contributed by atoms with Gasteiger partial charge >= 0.3 is 0 Å². The van der Waals surface area contributed by atoms with E-state index in [4.69, 9.17) is 4.74 Å². The Labute approximate surface area is 113 Å². The van der Waals surface area contributed by atoms with Crippen molar-refractivity contribution < 1.29 is 9.53 Å². The predicted octanol–water partition coefficient (Wildman–Crippen LogP) is 2.24. The number of benzene rings is 1. The summed E-state index contributed by atoms with van der Waals surface area (Å²) in [7, 11) is 1.66. The highest BCUT2D eigenvalue weighted by molar-refractivity contribution is 5.94. The molecule has 4 nitrogen and oxygen atoms in total. The second-order valence-electron chi connectivity index (χ2n) is 4.24. The number of carbonyl (C=O) groups is 1. The zero-order valence-electron chi connectivity index (χ0n) is 11.0. The van der Waals surface area contributed by atoms with Crippen molar-refractivity contribution >= 4 is 5.91 Å². The first kappa shape index (κ1) is 13.4. The fourth-order valence-corrected chi connectivity index (χ4v) is 1.83. The van der Waals surface area contributed by atoms with E-state index >= 15 is 0 Å². The number of rotatable bonds is 6. The number of nitrogens with one attached hydrogen (secondary N) is 1. The first-order chi connectivity index (χ1) is 9.31. The van der Waals surface area contributed by atoms with E-state index in [0.29, 0.717) is 18.7 Å². The van der Waals surface area contributed by atoms with Crippen molar-refractivity contribution in [1.82, 2.24) is 9.88 Å². The average Bonchev–Trinajstić information content (AvgIpc) is 2.98. The van der Waals surface area contributed by atoms with E-state index in [2.05, 4.69) is 5.32 Å². The third kappa shape index (κ3) is 3.69. The van der Waals surface area contributed by atoms with Gasteiger partial charge in [-0.1, -0.05) is 6.07 Å². The number of ether oxygens (including phenoxy) is 1. The van der Waals surface area contributed by atoms with Crippen LogP contribution in [0.1, 0.15) is 16.8 Å². The molecule has 1 amide bonds. The monoisotopic (exact) mass is 258 g/mol. The van der Waals surface area contributed by atoms with Gasteiger partial charge in [0.15, 0.2) is 0 Å². The molecule has 0 saturated heterocycles. The molecule has 2 aromatic rings. The van der Waals surface area contributed by atoms with Gasteiger partial charge in [-0.15, -0.1) is 0 Å². The minimum atomic E-state index is -0.0508. The molecule has 1 N–H and O–H groups in total. The minimum absolute atomic E-state index is 0.0508. The maximum atomic E-state index is 12.0. The van der Waals surface area contributed by atoms with Crippen molar-refractivity contribution in [2.75, 3.05) is 20.3 Å². The van der Waals surface area contributed by atoms with Crippen molar-refractivity contribution in [2.45, 2.75) is 6.42 Å². The van der Waals surface area contributed by atoms with Crippen LogP contribution < -0.4 is 5.32 Å². The summed E-state index contributed by atoms with van der Waals surface area (Å²) in [6, 6.07) is 11.5. The maximum Gasteiger partial charge on any atom is 0.251 e. The molecular weight excluding hydrogens is 240 g/mol. The molecule has 0 saturated carbocycles.